The maximum absolute atomic E-state index is 13.3. The molecule has 0 aromatic heterocycles. The Bertz CT molecular complexity index is 1430. The number of nitrogens with one attached hydrogen (secondary N) is 1. The summed E-state index contributed by atoms with van der Waals surface area (Å²) >= 11 is 7.21. The molecular weight excluding hydrogens is 542 g/mol. The van der Waals surface area contributed by atoms with Gasteiger partial charge < -0.3 is 19.5 Å². The smallest absolute Gasteiger partial charge is 0.338 e. The van der Waals surface area contributed by atoms with Crippen molar-refractivity contribution in [1.82, 2.24) is 0 Å². The van der Waals surface area contributed by atoms with Gasteiger partial charge in [0.1, 0.15) is 5.25 Å². The molecule has 2 aliphatic heterocycles. The molecule has 2 aliphatic rings. The average Bonchev–Trinajstić information content (AvgIpc) is 3.51. The molecule has 1 unspecified atom stereocenters. The van der Waals surface area contributed by atoms with Crippen LogP contribution in [0.2, 0.25) is 5.02 Å². The highest BCUT2D eigenvalue weighted by Gasteiger charge is 2.41. The minimum atomic E-state index is -0.683. The second-order valence-corrected chi connectivity index (χ2v) is 10.2. The van der Waals surface area contributed by atoms with Gasteiger partial charge in [0.25, 0.3) is 0 Å². The first-order chi connectivity index (χ1) is 18.9. The summed E-state index contributed by atoms with van der Waals surface area (Å²) in [5, 5.41) is 3.62. The molecule has 9 nitrogen and oxygen atoms in total. The number of carbonyl (C=O) groups is 3. The van der Waals surface area contributed by atoms with Crippen LogP contribution in [0.1, 0.15) is 29.3 Å². The van der Waals surface area contributed by atoms with Crippen molar-refractivity contribution < 1.29 is 28.6 Å². The molecule has 1 N–H and O–H groups in total. The van der Waals surface area contributed by atoms with E-state index >= 15 is 0 Å². The lowest BCUT2D eigenvalue weighted by molar-refractivity contribution is -0.121. The number of imide groups is 1. The quantitative estimate of drug-likeness (QED) is 0.178. The van der Waals surface area contributed by atoms with E-state index in [2.05, 4.69) is 5.32 Å². The van der Waals surface area contributed by atoms with Crippen LogP contribution < -0.4 is 19.7 Å². The van der Waals surface area contributed by atoms with Crippen molar-refractivity contribution in [3.8, 4) is 11.5 Å². The number of halogens is 1. The number of carbonyl (C=O) groups excluding carboxylic acids is 3. The van der Waals surface area contributed by atoms with E-state index in [9.17, 15) is 14.4 Å². The number of amidine groups is 1. The number of esters is 1. The second-order valence-electron chi connectivity index (χ2n) is 8.59. The van der Waals surface area contributed by atoms with Crippen LogP contribution in [0.5, 0.6) is 11.5 Å². The van der Waals surface area contributed by atoms with Crippen molar-refractivity contribution in [2.45, 2.75) is 25.1 Å². The van der Waals surface area contributed by atoms with Crippen LogP contribution >= 0.6 is 23.4 Å². The molecule has 3 aromatic carbocycles. The van der Waals surface area contributed by atoms with E-state index < -0.39 is 11.2 Å². The summed E-state index contributed by atoms with van der Waals surface area (Å²) in [6.07, 6.45) is 0.00840. The van der Waals surface area contributed by atoms with E-state index in [1.807, 2.05) is 18.2 Å². The summed E-state index contributed by atoms with van der Waals surface area (Å²) in [5.41, 5.74) is 2.37. The molecule has 3 aromatic rings. The number of ether oxygens (including phenoxy) is 3. The van der Waals surface area contributed by atoms with Gasteiger partial charge in [0, 0.05) is 17.1 Å². The van der Waals surface area contributed by atoms with E-state index in [0.717, 1.165) is 16.2 Å². The first-order valence-corrected chi connectivity index (χ1v) is 13.4. The molecule has 1 atom stereocenters. The highest BCUT2D eigenvalue weighted by atomic mass is 35.5. The van der Waals surface area contributed by atoms with Gasteiger partial charge in [0.05, 0.1) is 24.4 Å². The summed E-state index contributed by atoms with van der Waals surface area (Å²) in [6, 6.07) is 18.9. The first-order valence-electron chi connectivity index (χ1n) is 12.2. The summed E-state index contributed by atoms with van der Waals surface area (Å²) in [4.78, 5) is 44.0. The van der Waals surface area contributed by atoms with Crippen LogP contribution in [-0.2, 0) is 20.9 Å². The van der Waals surface area contributed by atoms with Crippen molar-refractivity contribution in [3.05, 3.63) is 82.9 Å². The van der Waals surface area contributed by atoms with E-state index in [1.54, 1.807) is 43.3 Å². The predicted molar refractivity (Wildman–Crippen MR) is 150 cm³/mol. The zero-order chi connectivity index (χ0) is 27.4. The van der Waals surface area contributed by atoms with Crippen molar-refractivity contribution in [1.29, 1.82) is 0 Å². The Morgan fingerprint density at radius 1 is 1.08 bits per heavy atom. The zero-order valence-corrected chi connectivity index (χ0v) is 22.5. The molecule has 0 spiro atoms. The summed E-state index contributed by atoms with van der Waals surface area (Å²) < 4.78 is 15.8. The molecule has 1 fully saturated rings. The molecule has 11 heteroatoms. The number of hydrogen-bond acceptors (Lipinski definition) is 8. The fourth-order valence-electron chi connectivity index (χ4n) is 4.03. The topological polar surface area (TPSA) is 107 Å². The van der Waals surface area contributed by atoms with Gasteiger partial charge in [-0.25, -0.2) is 9.69 Å². The van der Waals surface area contributed by atoms with Crippen molar-refractivity contribution in [2.24, 2.45) is 4.99 Å². The normalized spacial score (nSPS) is 16.5. The Kier molecular flexibility index (Phi) is 8.04. The summed E-state index contributed by atoms with van der Waals surface area (Å²) in [6.45, 7) is 2.47. The number of fused-ring (bicyclic) bond motifs is 1. The van der Waals surface area contributed by atoms with E-state index in [4.69, 9.17) is 30.8 Å². The Morgan fingerprint density at radius 2 is 1.82 bits per heavy atom. The molecule has 0 bridgehead atoms. The lowest BCUT2D eigenvalue weighted by Crippen LogP contribution is -2.31. The Morgan fingerprint density at radius 3 is 2.56 bits per heavy atom. The van der Waals surface area contributed by atoms with E-state index in [1.165, 1.54) is 23.9 Å². The third-order valence-corrected chi connectivity index (χ3v) is 7.29. The van der Waals surface area contributed by atoms with E-state index in [0.29, 0.717) is 39.5 Å². The lowest BCUT2D eigenvalue weighted by atomic mass is 10.2. The van der Waals surface area contributed by atoms with E-state index in [-0.39, 0.29) is 31.6 Å². The molecule has 5 rings (SSSR count). The standard InChI is InChI=1S/C28H24ClN3O6S/c1-2-36-27(35)18-4-10-21(11-5-18)32-25(33)14-24(26(32)34)39-28(31-20-8-6-19(29)7-9-20)30-15-17-3-12-22-23(13-17)38-16-37-22/h3-13,24H,2,14-16H2,1H3,(H,30,31). The molecular formula is C28H24ClN3O6S. The number of nitrogens with zero attached hydrogens (tertiary/aromatic N) is 2. The number of hydrogen-bond donors (Lipinski definition) is 1. The van der Waals surface area contributed by atoms with Gasteiger partial charge in [0.15, 0.2) is 16.7 Å². The molecule has 2 heterocycles. The molecule has 0 saturated carbocycles. The van der Waals surface area contributed by atoms with Crippen LogP contribution in [0, 0.1) is 0 Å². The SMILES string of the molecule is CCOC(=O)c1ccc(N2C(=O)CC(SC(=NCc3ccc4c(c3)OCO4)Nc3ccc(Cl)cc3)C2=O)cc1. The number of rotatable bonds is 7. The van der Waals surface area contributed by atoms with Gasteiger partial charge in [-0.05, 0) is 73.2 Å². The average molecular weight is 566 g/mol. The van der Waals surface area contributed by atoms with Crippen molar-refractivity contribution >= 4 is 57.7 Å². The molecule has 0 aliphatic carbocycles. The summed E-state index contributed by atoms with van der Waals surface area (Å²) in [5.74, 6) is 0.185. The summed E-state index contributed by atoms with van der Waals surface area (Å²) in [7, 11) is 0. The minimum Gasteiger partial charge on any atom is -0.462 e. The number of benzene rings is 3. The Hall–Kier alpha value is -4.02. The molecule has 200 valence electrons. The maximum atomic E-state index is 13.3. The highest BCUT2D eigenvalue weighted by molar-refractivity contribution is 8.15. The van der Waals surface area contributed by atoms with Gasteiger partial charge in [0.2, 0.25) is 18.6 Å². The number of aliphatic imine (C=N–C) groups is 1. The largest absolute Gasteiger partial charge is 0.462 e. The van der Waals surface area contributed by atoms with Crippen LogP contribution in [0.3, 0.4) is 0 Å². The van der Waals surface area contributed by atoms with Crippen molar-refractivity contribution in [3.63, 3.8) is 0 Å². The monoisotopic (exact) mass is 565 g/mol. The zero-order valence-electron chi connectivity index (χ0n) is 20.9. The third kappa shape index (κ3) is 6.18. The van der Waals surface area contributed by atoms with Gasteiger partial charge in [-0.15, -0.1) is 0 Å². The maximum Gasteiger partial charge on any atom is 0.338 e. The van der Waals surface area contributed by atoms with Crippen LogP contribution in [0.15, 0.2) is 71.7 Å². The third-order valence-electron chi connectivity index (χ3n) is 5.93. The van der Waals surface area contributed by atoms with Crippen LogP contribution in [-0.4, -0.2) is 41.6 Å². The minimum absolute atomic E-state index is 0.00840. The van der Waals surface area contributed by atoms with Crippen molar-refractivity contribution in [2.75, 3.05) is 23.6 Å². The number of thioether (sulfide) groups is 1. The number of amides is 2. The van der Waals surface area contributed by atoms with Gasteiger partial charge in [-0.3, -0.25) is 14.6 Å². The van der Waals surface area contributed by atoms with Crippen LogP contribution in [0.25, 0.3) is 0 Å². The Balaban J connectivity index is 1.33. The predicted octanol–water partition coefficient (Wildman–Crippen LogP) is 5.28. The second kappa shape index (κ2) is 11.8. The highest BCUT2D eigenvalue weighted by Crippen LogP contribution is 2.34. The lowest BCUT2D eigenvalue weighted by Gasteiger charge is -2.16. The fraction of sp³-hybridized carbons (Fsp3) is 0.214. The fourth-order valence-corrected chi connectivity index (χ4v) is 5.17. The first kappa shape index (κ1) is 26.6. The van der Waals surface area contributed by atoms with Crippen LogP contribution in [0.4, 0.5) is 11.4 Å². The van der Waals surface area contributed by atoms with Gasteiger partial charge in [-0.2, -0.15) is 0 Å². The molecule has 1 saturated heterocycles. The van der Waals surface area contributed by atoms with Gasteiger partial charge >= 0.3 is 5.97 Å². The molecule has 39 heavy (non-hydrogen) atoms. The Labute approximate surface area is 234 Å². The van der Waals surface area contributed by atoms with Gasteiger partial charge in [-0.1, -0.05) is 29.4 Å². The number of anilines is 2. The molecule has 2 amide bonds. The molecule has 0 radical (unpaired) electrons.